The maximum atomic E-state index is 3.29. The first-order valence-electron chi connectivity index (χ1n) is 11.6. The maximum Gasteiger partial charge on any atom is 0.0249 e. The van der Waals surface area contributed by atoms with E-state index >= 15 is 0 Å². The molecule has 1 aliphatic carbocycles. The molecule has 0 aliphatic heterocycles. The van der Waals surface area contributed by atoms with Gasteiger partial charge in [-0.3, -0.25) is 0 Å². The van der Waals surface area contributed by atoms with Crippen molar-refractivity contribution in [3.05, 3.63) is 82.9 Å². The molecule has 0 spiro atoms. The van der Waals surface area contributed by atoms with E-state index in [-0.39, 0.29) is 0 Å². The second kappa shape index (κ2) is 11.7. The van der Waals surface area contributed by atoms with Crippen molar-refractivity contribution in [1.82, 2.24) is 0 Å². The van der Waals surface area contributed by atoms with Gasteiger partial charge in [0.25, 0.3) is 0 Å². The lowest BCUT2D eigenvalue weighted by molar-refractivity contribution is 0.376. The molecule has 0 nitrogen and oxygen atoms in total. The molecule has 29 heavy (non-hydrogen) atoms. The van der Waals surface area contributed by atoms with Crippen molar-refractivity contribution in [2.75, 3.05) is 0 Å². The SMILES string of the molecule is CCCCCc1ccc(C#C/C=C/[C@H]2CC[C@H](c3ccc(CC)cc3)CC2)cc1. The minimum atomic E-state index is 0.691. The Hall–Kier alpha value is -2.26. The fraction of sp³-hybridized carbons (Fsp3) is 0.448. The third-order valence-electron chi connectivity index (χ3n) is 6.32. The molecule has 2 aromatic rings. The number of aryl methyl sites for hydroxylation is 2. The van der Waals surface area contributed by atoms with Gasteiger partial charge in [0.15, 0.2) is 0 Å². The summed E-state index contributed by atoms with van der Waals surface area (Å²) in [6.45, 7) is 4.47. The lowest BCUT2D eigenvalue weighted by atomic mass is 9.78. The van der Waals surface area contributed by atoms with Crippen LogP contribution in [0.1, 0.15) is 87.0 Å². The van der Waals surface area contributed by atoms with Gasteiger partial charge >= 0.3 is 0 Å². The minimum Gasteiger partial charge on any atom is -0.0730 e. The molecule has 0 heterocycles. The molecule has 3 rings (SSSR count). The van der Waals surface area contributed by atoms with Crippen molar-refractivity contribution in [1.29, 1.82) is 0 Å². The molecule has 1 saturated carbocycles. The summed E-state index contributed by atoms with van der Waals surface area (Å²) in [7, 11) is 0. The lowest BCUT2D eigenvalue weighted by Gasteiger charge is -2.27. The molecule has 152 valence electrons. The van der Waals surface area contributed by atoms with Crippen molar-refractivity contribution in [3.63, 3.8) is 0 Å². The number of benzene rings is 2. The summed E-state index contributed by atoms with van der Waals surface area (Å²) in [5.74, 6) is 7.97. The fourth-order valence-electron chi connectivity index (χ4n) is 4.31. The second-order valence-corrected chi connectivity index (χ2v) is 8.49. The van der Waals surface area contributed by atoms with Crippen molar-refractivity contribution < 1.29 is 0 Å². The summed E-state index contributed by atoms with van der Waals surface area (Å²) in [4.78, 5) is 0. The van der Waals surface area contributed by atoms with Gasteiger partial charge in [-0.05, 0) is 91.7 Å². The van der Waals surface area contributed by atoms with E-state index in [9.17, 15) is 0 Å². The standard InChI is InChI=1S/C29H36/c1-3-5-6-9-25-12-14-26(15-13-25)10-7-8-11-27-18-22-29(23-19-27)28-20-16-24(4-2)17-21-28/h8,11-17,20-21,27,29H,3-6,9,18-19,22-23H2,1-2H3/b11-8+/t27-,29-. The quantitative estimate of drug-likeness (QED) is 0.336. The van der Waals surface area contributed by atoms with Crippen LogP contribution >= 0.6 is 0 Å². The highest BCUT2D eigenvalue weighted by Crippen LogP contribution is 2.36. The van der Waals surface area contributed by atoms with Crippen LogP contribution in [0.3, 0.4) is 0 Å². The predicted molar refractivity (Wildman–Crippen MR) is 126 cm³/mol. The van der Waals surface area contributed by atoms with Crippen LogP contribution in [0.5, 0.6) is 0 Å². The highest BCUT2D eigenvalue weighted by molar-refractivity contribution is 5.38. The molecule has 0 bridgehead atoms. The third kappa shape index (κ3) is 6.93. The fourth-order valence-corrected chi connectivity index (χ4v) is 4.31. The van der Waals surface area contributed by atoms with Gasteiger partial charge in [-0.2, -0.15) is 0 Å². The summed E-state index contributed by atoms with van der Waals surface area (Å²) in [5.41, 5.74) is 5.52. The number of unbranched alkanes of at least 4 members (excludes halogenated alkanes) is 2. The van der Waals surface area contributed by atoms with Crippen molar-refractivity contribution in [3.8, 4) is 11.8 Å². The summed E-state index contributed by atoms with van der Waals surface area (Å²) >= 11 is 0. The van der Waals surface area contributed by atoms with Crippen LogP contribution in [-0.4, -0.2) is 0 Å². The summed E-state index contributed by atoms with van der Waals surface area (Å²) in [6.07, 6.45) is 15.8. The lowest BCUT2D eigenvalue weighted by Crippen LogP contribution is -2.11. The predicted octanol–water partition coefficient (Wildman–Crippen LogP) is 7.86. The highest BCUT2D eigenvalue weighted by Gasteiger charge is 2.20. The summed E-state index contributed by atoms with van der Waals surface area (Å²) in [5, 5.41) is 0. The number of allylic oxidation sites excluding steroid dienone is 2. The normalized spacial score (nSPS) is 19.1. The summed E-state index contributed by atoms with van der Waals surface area (Å²) < 4.78 is 0. The van der Waals surface area contributed by atoms with Crippen LogP contribution < -0.4 is 0 Å². The number of hydrogen-bond acceptors (Lipinski definition) is 0. The Morgan fingerprint density at radius 1 is 0.828 bits per heavy atom. The van der Waals surface area contributed by atoms with E-state index in [1.54, 1.807) is 0 Å². The molecule has 0 N–H and O–H groups in total. The van der Waals surface area contributed by atoms with Crippen molar-refractivity contribution in [2.45, 2.75) is 77.6 Å². The monoisotopic (exact) mass is 384 g/mol. The van der Waals surface area contributed by atoms with Crippen LogP contribution in [-0.2, 0) is 12.8 Å². The Balaban J connectivity index is 1.43. The molecule has 1 aliphatic rings. The molecule has 0 saturated heterocycles. The van der Waals surface area contributed by atoms with Crippen LogP contribution in [0.15, 0.2) is 60.7 Å². The van der Waals surface area contributed by atoms with Gasteiger partial charge in [-0.25, -0.2) is 0 Å². The molecular formula is C29H36. The van der Waals surface area contributed by atoms with Crippen LogP contribution in [0, 0.1) is 17.8 Å². The minimum absolute atomic E-state index is 0.691. The first kappa shape index (κ1) is 21.4. The van der Waals surface area contributed by atoms with Gasteiger partial charge in [0, 0.05) is 5.56 Å². The van der Waals surface area contributed by atoms with Crippen molar-refractivity contribution in [2.24, 2.45) is 5.92 Å². The van der Waals surface area contributed by atoms with E-state index in [0.29, 0.717) is 5.92 Å². The highest BCUT2D eigenvalue weighted by atomic mass is 14.2. The first-order valence-corrected chi connectivity index (χ1v) is 11.6. The molecule has 0 aromatic heterocycles. The zero-order chi connectivity index (χ0) is 20.3. The Labute approximate surface area is 178 Å². The average Bonchev–Trinajstić information content (AvgIpc) is 2.78. The molecule has 2 aromatic carbocycles. The van der Waals surface area contributed by atoms with Crippen molar-refractivity contribution >= 4 is 0 Å². The van der Waals surface area contributed by atoms with E-state index in [4.69, 9.17) is 0 Å². The van der Waals surface area contributed by atoms with Crippen LogP contribution in [0.25, 0.3) is 0 Å². The Morgan fingerprint density at radius 3 is 2.17 bits per heavy atom. The Bertz CT molecular complexity index is 803. The molecular weight excluding hydrogens is 348 g/mol. The van der Waals surface area contributed by atoms with E-state index in [1.807, 2.05) is 0 Å². The zero-order valence-corrected chi connectivity index (χ0v) is 18.3. The van der Waals surface area contributed by atoms with Gasteiger partial charge in [0.2, 0.25) is 0 Å². The van der Waals surface area contributed by atoms with Gasteiger partial charge in [0.1, 0.15) is 0 Å². The maximum absolute atomic E-state index is 3.29. The van der Waals surface area contributed by atoms with Gasteiger partial charge < -0.3 is 0 Å². The van der Waals surface area contributed by atoms with Gasteiger partial charge in [-0.1, -0.05) is 81.0 Å². The van der Waals surface area contributed by atoms with Crippen LogP contribution in [0.4, 0.5) is 0 Å². The number of hydrogen-bond donors (Lipinski definition) is 0. The largest absolute Gasteiger partial charge is 0.0730 e. The summed E-state index contributed by atoms with van der Waals surface area (Å²) in [6, 6.07) is 18.1. The van der Waals surface area contributed by atoms with Gasteiger partial charge in [-0.15, -0.1) is 0 Å². The molecule has 0 radical (unpaired) electrons. The van der Waals surface area contributed by atoms with E-state index < -0.39 is 0 Å². The van der Waals surface area contributed by atoms with Crippen LogP contribution in [0.2, 0.25) is 0 Å². The Kier molecular flexibility index (Phi) is 8.63. The molecule has 0 unspecified atom stereocenters. The first-order chi connectivity index (χ1) is 14.3. The molecule has 0 atom stereocenters. The number of rotatable bonds is 7. The molecule has 0 amide bonds. The molecule has 0 heteroatoms. The van der Waals surface area contributed by atoms with E-state index in [2.05, 4.69) is 86.4 Å². The topological polar surface area (TPSA) is 0 Å². The Morgan fingerprint density at radius 2 is 1.52 bits per heavy atom. The van der Waals surface area contributed by atoms with E-state index in [0.717, 1.165) is 17.9 Å². The van der Waals surface area contributed by atoms with E-state index in [1.165, 1.54) is 68.1 Å². The molecule has 1 fully saturated rings. The average molecular weight is 385 g/mol. The van der Waals surface area contributed by atoms with Gasteiger partial charge in [0.05, 0.1) is 0 Å². The smallest absolute Gasteiger partial charge is 0.0249 e. The zero-order valence-electron chi connectivity index (χ0n) is 18.3. The third-order valence-corrected chi connectivity index (χ3v) is 6.32. The second-order valence-electron chi connectivity index (χ2n) is 8.49.